The summed E-state index contributed by atoms with van der Waals surface area (Å²) in [6.07, 6.45) is 2.84. The molecule has 1 saturated carbocycles. The van der Waals surface area contributed by atoms with Gasteiger partial charge in [0.15, 0.2) is 0 Å². The number of carboxylic acid groups (broad SMARTS) is 1. The maximum absolute atomic E-state index is 12.2. The Morgan fingerprint density at radius 1 is 1.35 bits per heavy atom. The summed E-state index contributed by atoms with van der Waals surface area (Å²) in [4.78, 5) is 23.1. The Labute approximate surface area is 117 Å². The minimum Gasteiger partial charge on any atom is -0.481 e. The molecule has 0 spiro atoms. The van der Waals surface area contributed by atoms with Gasteiger partial charge in [-0.3, -0.25) is 9.59 Å². The van der Waals surface area contributed by atoms with Gasteiger partial charge in [-0.05, 0) is 38.2 Å². The van der Waals surface area contributed by atoms with Gasteiger partial charge in [0.2, 0.25) is 0 Å². The molecule has 1 heterocycles. The summed E-state index contributed by atoms with van der Waals surface area (Å²) < 4.78 is 0. The van der Waals surface area contributed by atoms with E-state index in [0.29, 0.717) is 23.5 Å². The summed E-state index contributed by atoms with van der Waals surface area (Å²) >= 11 is 0. The summed E-state index contributed by atoms with van der Waals surface area (Å²) in [5, 5.41) is 19.6. The van der Waals surface area contributed by atoms with Crippen LogP contribution in [0.15, 0.2) is 6.07 Å². The fourth-order valence-electron chi connectivity index (χ4n) is 2.56. The van der Waals surface area contributed by atoms with E-state index >= 15 is 0 Å². The van der Waals surface area contributed by atoms with Crippen LogP contribution >= 0.6 is 0 Å². The Bertz CT molecular complexity index is 538. The predicted octanol–water partition coefficient (Wildman–Crippen LogP) is 1.47. The number of carbonyl (C=O) groups excluding carboxylic acids is 1. The molecule has 108 valence electrons. The molecule has 2 rings (SSSR count). The number of aliphatic carboxylic acids is 1. The molecule has 0 radical (unpaired) electrons. The van der Waals surface area contributed by atoms with Crippen molar-refractivity contribution in [1.29, 1.82) is 0 Å². The number of hydrogen-bond acceptors (Lipinski definition) is 4. The maximum Gasteiger partial charge on any atom is 0.303 e. The molecule has 1 aliphatic carbocycles. The van der Waals surface area contributed by atoms with E-state index in [2.05, 4.69) is 15.5 Å². The Kier molecular flexibility index (Phi) is 4.01. The van der Waals surface area contributed by atoms with Crippen molar-refractivity contribution in [2.45, 2.75) is 39.5 Å². The number of carbonyl (C=O) groups is 2. The van der Waals surface area contributed by atoms with Crippen LogP contribution in [-0.2, 0) is 4.79 Å². The van der Waals surface area contributed by atoms with Crippen LogP contribution in [0.2, 0.25) is 0 Å². The van der Waals surface area contributed by atoms with Crippen LogP contribution in [-0.4, -0.2) is 33.7 Å². The second-order valence-corrected chi connectivity index (χ2v) is 5.59. The van der Waals surface area contributed by atoms with Gasteiger partial charge in [-0.15, -0.1) is 0 Å². The number of aromatic nitrogens is 2. The number of amides is 1. The third-order valence-electron chi connectivity index (χ3n) is 3.91. The molecule has 6 heteroatoms. The van der Waals surface area contributed by atoms with Crippen LogP contribution in [0.1, 0.15) is 47.4 Å². The lowest BCUT2D eigenvalue weighted by Crippen LogP contribution is -2.43. The van der Waals surface area contributed by atoms with E-state index in [0.717, 1.165) is 19.3 Å². The highest BCUT2D eigenvalue weighted by molar-refractivity contribution is 5.95. The minimum atomic E-state index is -0.809. The molecule has 1 amide bonds. The molecule has 0 atom stereocenters. The fourth-order valence-corrected chi connectivity index (χ4v) is 2.56. The van der Waals surface area contributed by atoms with Crippen LogP contribution in [0.3, 0.4) is 0 Å². The number of nitrogens with zero attached hydrogens (tertiary/aromatic N) is 2. The van der Waals surface area contributed by atoms with E-state index < -0.39 is 5.97 Å². The SMILES string of the molecule is Cc1cc(C(=O)NCC2(CC(=O)O)CCC2)c(C)nn1. The number of aryl methyl sites for hydroxylation is 2. The van der Waals surface area contributed by atoms with Crippen LogP contribution in [0, 0.1) is 19.3 Å². The first-order valence-corrected chi connectivity index (χ1v) is 6.73. The highest BCUT2D eigenvalue weighted by Gasteiger charge is 2.39. The molecule has 1 aromatic heterocycles. The summed E-state index contributed by atoms with van der Waals surface area (Å²) in [6.45, 7) is 3.91. The smallest absolute Gasteiger partial charge is 0.303 e. The van der Waals surface area contributed by atoms with Crippen molar-refractivity contribution in [1.82, 2.24) is 15.5 Å². The third-order valence-corrected chi connectivity index (χ3v) is 3.91. The monoisotopic (exact) mass is 277 g/mol. The summed E-state index contributed by atoms with van der Waals surface area (Å²) in [7, 11) is 0. The maximum atomic E-state index is 12.2. The quantitative estimate of drug-likeness (QED) is 0.850. The van der Waals surface area contributed by atoms with Gasteiger partial charge in [0.1, 0.15) is 0 Å². The van der Waals surface area contributed by atoms with Gasteiger partial charge in [-0.1, -0.05) is 6.42 Å². The van der Waals surface area contributed by atoms with E-state index in [1.54, 1.807) is 19.9 Å². The Balaban J connectivity index is 2.01. The molecule has 0 saturated heterocycles. The zero-order valence-corrected chi connectivity index (χ0v) is 11.8. The van der Waals surface area contributed by atoms with Gasteiger partial charge in [0, 0.05) is 6.54 Å². The first-order chi connectivity index (χ1) is 9.42. The Hall–Kier alpha value is -1.98. The van der Waals surface area contributed by atoms with Crippen LogP contribution in [0.4, 0.5) is 0 Å². The zero-order chi connectivity index (χ0) is 14.8. The van der Waals surface area contributed by atoms with E-state index in [-0.39, 0.29) is 17.7 Å². The second-order valence-electron chi connectivity index (χ2n) is 5.59. The molecule has 2 N–H and O–H groups in total. The van der Waals surface area contributed by atoms with Gasteiger partial charge in [-0.25, -0.2) is 0 Å². The number of rotatable bonds is 5. The molecule has 0 bridgehead atoms. The molecule has 1 aromatic rings. The van der Waals surface area contributed by atoms with Gasteiger partial charge in [0.05, 0.1) is 23.4 Å². The third kappa shape index (κ3) is 3.12. The molecule has 6 nitrogen and oxygen atoms in total. The normalized spacial score (nSPS) is 16.3. The first kappa shape index (κ1) is 14.4. The van der Waals surface area contributed by atoms with Crippen molar-refractivity contribution in [3.05, 3.63) is 23.0 Å². The topological polar surface area (TPSA) is 92.2 Å². The van der Waals surface area contributed by atoms with Crippen LogP contribution in [0.5, 0.6) is 0 Å². The number of carboxylic acids is 1. The van der Waals surface area contributed by atoms with Crippen molar-refractivity contribution in [2.24, 2.45) is 5.41 Å². The van der Waals surface area contributed by atoms with Crippen molar-refractivity contribution in [2.75, 3.05) is 6.54 Å². The van der Waals surface area contributed by atoms with Gasteiger partial charge >= 0.3 is 5.97 Å². The Morgan fingerprint density at radius 3 is 2.60 bits per heavy atom. The molecule has 1 fully saturated rings. The summed E-state index contributed by atoms with van der Waals surface area (Å²) in [6, 6.07) is 1.70. The fraction of sp³-hybridized carbons (Fsp3) is 0.571. The molecule has 0 aromatic carbocycles. The van der Waals surface area contributed by atoms with E-state index in [9.17, 15) is 9.59 Å². The first-order valence-electron chi connectivity index (χ1n) is 6.73. The van der Waals surface area contributed by atoms with Gasteiger partial charge in [0.25, 0.3) is 5.91 Å². The highest BCUT2D eigenvalue weighted by atomic mass is 16.4. The van der Waals surface area contributed by atoms with Crippen molar-refractivity contribution in [3.63, 3.8) is 0 Å². The van der Waals surface area contributed by atoms with Gasteiger partial charge in [-0.2, -0.15) is 10.2 Å². The van der Waals surface area contributed by atoms with Crippen molar-refractivity contribution in [3.8, 4) is 0 Å². The van der Waals surface area contributed by atoms with E-state index in [4.69, 9.17) is 5.11 Å². The summed E-state index contributed by atoms with van der Waals surface area (Å²) in [5.74, 6) is -1.02. The number of nitrogens with one attached hydrogen (secondary N) is 1. The molecule has 20 heavy (non-hydrogen) atoms. The molecule has 0 aliphatic heterocycles. The lowest BCUT2D eigenvalue weighted by molar-refractivity contribution is -0.141. The lowest BCUT2D eigenvalue weighted by Gasteiger charge is -2.40. The second kappa shape index (κ2) is 5.56. The molecule has 0 unspecified atom stereocenters. The van der Waals surface area contributed by atoms with E-state index in [1.165, 1.54) is 0 Å². The van der Waals surface area contributed by atoms with Crippen molar-refractivity contribution >= 4 is 11.9 Å². The Morgan fingerprint density at radius 2 is 2.05 bits per heavy atom. The molecular weight excluding hydrogens is 258 g/mol. The standard InChI is InChI=1S/C14H19N3O3/c1-9-6-11(10(2)17-16-9)13(20)15-8-14(4-3-5-14)7-12(18)19/h6H,3-5,7-8H2,1-2H3,(H,15,20)(H,18,19). The minimum absolute atomic E-state index is 0.111. The average molecular weight is 277 g/mol. The van der Waals surface area contributed by atoms with Crippen LogP contribution in [0.25, 0.3) is 0 Å². The lowest BCUT2D eigenvalue weighted by atomic mass is 9.66. The molecule has 1 aliphatic rings. The van der Waals surface area contributed by atoms with Crippen molar-refractivity contribution < 1.29 is 14.7 Å². The van der Waals surface area contributed by atoms with Gasteiger partial charge < -0.3 is 10.4 Å². The largest absolute Gasteiger partial charge is 0.481 e. The van der Waals surface area contributed by atoms with Crippen LogP contribution < -0.4 is 5.32 Å². The number of hydrogen-bond donors (Lipinski definition) is 2. The average Bonchev–Trinajstić information content (AvgIpc) is 2.34. The van der Waals surface area contributed by atoms with E-state index in [1.807, 2.05) is 0 Å². The summed E-state index contributed by atoms with van der Waals surface area (Å²) in [5.41, 5.74) is 1.49. The molecular formula is C14H19N3O3. The predicted molar refractivity (Wildman–Crippen MR) is 72.4 cm³/mol. The highest BCUT2D eigenvalue weighted by Crippen LogP contribution is 2.43. The zero-order valence-electron chi connectivity index (χ0n) is 11.8.